The first kappa shape index (κ1) is 36.3. The lowest BCUT2D eigenvalue weighted by molar-refractivity contribution is -0.137. The molecule has 0 fully saturated rings. The van der Waals surface area contributed by atoms with Gasteiger partial charge in [-0.2, -0.15) is 13.2 Å². The van der Waals surface area contributed by atoms with Gasteiger partial charge in [-0.3, -0.25) is 0 Å². The molecule has 3 aromatic heterocycles. The van der Waals surface area contributed by atoms with Gasteiger partial charge in [0.15, 0.2) is 17.5 Å². The van der Waals surface area contributed by atoms with E-state index in [4.69, 9.17) is 19.4 Å². The second-order valence-corrected chi connectivity index (χ2v) is 15.2. The molecule has 3 heterocycles. The van der Waals surface area contributed by atoms with E-state index in [1.165, 1.54) is 12.1 Å². The monoisotopic (exact) mass is 798 g/mol. The molecule has 11 rings (SSSR count). The van der Waals surface area contributed by atoms with Crippen molar-refractivity contribution in [3.63, 3.8) is 0 Å². The minimum Gasteiger partial charge on any atom is -0.456 e. The molecular weight excluding hydrogens is 766 g/mol. The fraction of sp³-hybridized carbons (Fsp3) is 0.0377. The predicted molar refractivity (Wildman–Crippen MR) is 238 cm³/mol. The van der Waals surface area contributed by atoms with E-state index < -0.39 is 11.7 Å². The van der Waals surface area contributed by atoms with E-state index in [-0.39, 0.29) is 0 Å². The van der Waals surface area contributed by atoms with Crippen molar-refractivity contribution in [2.24, 2.45) is 0 Å². The Hall–Kier alpha value is -7.84. The number of alkyl halides is 3. The van der Waals surface area contributed by atoms with Gasteiger partial charge in [0.25, 0.3) is 0 Å². The van der Waals surface area contributed by atoms with E-state index in [9.17, 15) is 13.2 Å². The Morgan fingerprint density at radius 2 is 1.07 bits per heavy atom. The maximum atomic E-state index is 14.0. The summed E-state index contributed by atoms with van der Waals surface area (Å²) in [5.41, 5.74) is 9.71. The molecule has 0 spiro atoms. The summed E-state index contributed by atoms with van der Waals surface area (Å²) in [6.45, 7) is 1.69. The molecule has 5 nitrogen and oxygen atoms in total. The zero-order chi connectivity index (χ0) is 41.2. The van der Waals surface area contributed by atoms with E-state index in [2.05, 4.69) is 47.0 Å². The van der Waals surface area contributed by atoms with Crippen molar-refractivity contribution in [3.05, 3.63) is 193 Å². The number of fused-ring (bicyclic) bond motifs is 6. The highest BCUT2D eigenvalue weighted by Gasteiger charge is 2.31. The van der Waals surface area contributed by atoms with Crippen LogP contribution in [0.2, 0.25) is 0 Å². The van der Waals surface area contributed by atoms with Gasteiger partial charge in [0, 0.05) is 38.2 Å². The normalized spacial score (nSPS) is 11.9. The van der Waals surface area contributed by atoms with Gasteiger partial charge in [0.05, 0.1) is 22.3 Å². The average Bonchev–Trinajstić information content (AvgIpc) is 3.84. The van der Waals surface area contributed by atoms with Crippen molar-refractivity contribution in [2.75, 3.05) is 0 Å². The summed E-state index contributed by atoms with van der Waals surface area (Å²) in [6.07, 6.45) is -4.46. The quantitative estimate of drug-likeness (QED) is 0.168. The Labute approximate surface area is 348 Å². The van der Waals surface area contributed by atoms with Crippen molar-refractivity contribution < 1.29 is 17.6 Å². The number of hydrogen-bond donors (Lipinski definition) is 0. The fourth-order valence-corrected chi connectivity index (χ4v) is 8.55. The first-order valence-electron chi connectivity index (χ1n) is 19.9. The fourth-order valence-electron chi connectivity index (χ4n) is 8.55. The molecule has 0 aliphatic heterocycles. The van der Waals surface area contributed by atoms with Crippen molar-refractivity contribution in [3.8, 4) is 62.1 Å². The van der Waals surface area contributed by atoms with Crippen LogP contribution in [0.3, 0.4) is 0 Å². The maximum Gasteiger partial charge on any atom is 0.416 e. The van der Waals surface area contributed by atoms with Gasteiger partial charge in [-0.05, 0) is 89.3 Å². The molecular formula is C53H33F3N4O. The summed E-state index contributed by atoms with van der Waals surface area (Å²) in [6, 6.07) is 58.5. The molecule has 8 heteroatoms. The summed E-state index contributed by atoms with van der Waals surface area (Å²) < 4.78 is 50.5. The molecule has 0 saturated carbocycles. The van der Waals surface area contributed by atoms with Gasteiger partial charge in [0.2, 0.25) is 0 Å². The summed E-state index contributed by atoms with van der Waals surface area (Å²) >= 11 is 0. The van der Waals surface area contributed by atoms with Crippen LogP contribution in [-0.4, -0.2) is 19.5 Å². The SMILES string of the molecule is Cc1cc(-c2ccc3c(c2)c2ccccc2n3-c2ccc(-c3cccc4oc5ccccc5c34)cc2-c2nc(-c3ccccc3)nc(-c3ccccc3)n2)cc(C(F)(F)F)c1. The van der Waals surface area contributed by atoms with E-state index in [0.29, 0.717) is 34.2 Å². The Morgan fingerprint density at radius 3 is 1.80 bits per heavy atom. The Bertz CT molecular complexity index is 3420. The molecule has 0 atom stereocenters. The molecule has 0 aliphatic rings. The number of aromatic nitrogens is 4. The molecule has 0 amide bonds. The highest BCUT2D eigenvalue weighted by Crippen LogP contribution is 2.43. The molecule has 0 radical (unpaired) electrons. The minimum atomic E-state index is -4.46. The van der Waals surface area contributed by atoms with Crippen molar-refractivity contribution in [1.29, 1.82) is 0 Å². The van der Waals surface area contributed by atoms with Crippen LogP contribution < -0.4 is 0 Å². The van der Waals surface area contributed by atoms with Gasteiger partial charge in [-0.15, -0.1) is 0 Å². The second kappa shape index (κ2) is 14.2. The van der Waals surface area contributed by atoms with Gasteiger partial charge < -0.3 is 8.98 Å². The summed E-state index contributed by atoms with van der Waals surface area (Å²) in [4.78, 5) is 15.4. The third kappa shape index (κ3) is 6.31. The molecule has 61 heavy (non-hydrogen) atoms. The Kier molecular flexibility index (Phi) is 8.42. The summed E-state index contributed by atoms with van der Waals surface area (Å²) in [5, 5.41) is 3.89. The van der Waals surface area contributed by atoms with Gasteiger partial charge >= 0.3 is 6.18 Å². The number of benzene rings is 8. The van der Waals surface area contributed by atoms with Crippen LogP contribution in [0.5, 0.6) is 0 Å². The first-order valence-corrected chi connectivity index (χ1v) is 19.9. The highest BCUT2D eigenvalue weighted by molar-refractivity contribution is 6.13. The number of rotatable bonds is 6. The van der Waals surface area contributed by atoms with E-state index >= 15 is 0 Å². The van der Waals surface area contributed by atoms with Gasteiger partial charge in [0.1, 0.15) is 11.2 Å². The Morgan fingerprint density at radius 1 is 0.443 bits per heavy atom. The van der Waals surface area contributed by atoms with Crippen LogP contribution in [0.25, 0.3) is 106 Å². The lowest BCUT2D eigenvalue weighted by Gasteiger charge is -2.17. The van der Waals surface area contributed by atoms with Crippen LogP contribution in [0.4, 0.5) is 13.2 Å². The summed E-state index contributed by atoms with van der Waals surface area (Å²) in [7, 11) is 0. The van der Waals surface area contributed by atoms with Gasteiger partial charge in [-0.25, -0.2) is 15.0 Å². The molecule has 11 aromatic rings. The molecule has 0 bridgehead atoms. The molecule has 0 aliphatic carbocycles. The second-order valence-electron chi connectivity index (χ2n) is 15.2. The van der Waals surface area contributed by atoms with Crippen molar-refractivity contribution in [1.82, 2.24) is 19.5 Å². The standard InChI is InChI=1S/C53H33F3N4O/c1-32-27-37(29-38(28-32)53(54,55)56)35-23-25-45-42(30-35)40-17-8-10-20-44(40)60(45)46-26-24-36(39-19-12-22-48-49(39)41-18-9-11-21-47(41)61-48)31-43(46)52-58-50(33-13-4-2-5-14-33)57-51(59-52)34-15-6-3-7-16-34/h2-31H,1H3. The molecule has 8 aromatic carbocycles. The van der Waals surface area contributed by atoms with Crippen molar-refractivity contribution in [2.45, 2.75) is 13.1 Å². The topological polar surface area (TPSA) is 56.7 Å². The minimum absolute atomic E-state index is 0.482. The van der Waals surface area contributed by atoms with Crippen LogP contribution in [0, 0.1) is 6.92 Å². The predicted octanol–water partition coefficient (Wildman–Crippen LogP) is 14.5. The smallest absolute Gasteiger partial charge is 0.416 e. The van der Waals surface area contributed by atoms with Gasteiger partial charge in [-0.1, -0.05) is 127 Å². The average molecular weight is 799 g/mol. The van der Waals surface area contributed by atoms with E-state index in [1.54, 1.807) is 13.0 Å². The number of halogens is 3. The number of furan rings is 1. The van der Waals surface area contributed by atoms with Crippen LogP contribution in [0.15, 0.2) is 186 Å². The van der Waals surface area contributed by atoms with Crippen molar-refractivity contribution >= 4 is 43.7 Å². The number of nitrogens with zero attached hydrogens (tertiary/aromatic N) is 4. The van der Waals surface area contributed by atoms with Crippen LogP contribution in [-0.2, 0) is 6.18 Å². The number of aryl methyl sites for hydroxylation is 1. The van der Waals surface area contributed by atoms with E-state index in [1.807, 2.05) is 121 Å². The lowest BCUT2D eigenvalue weighted by atomic mass is 9.96. The van der Waals surface area contributed by atoms with Crippen LogP contribution in [0.1, 0.15) is 11.1 Å². The number of para-hydroxylation sites is 2. The lowest BCUT2D eigenvalue weighted by Crippen LogP contribution is -2.05. The van der Waals surface area contributed by atoms with E-state index in [0.717, 1.165) is 77.2 Å². The zero-order valence-corrected chi connectivity index (χ0v) is 32.7. The third-order valence-electron chi connectivity index (χ3n) is 11.3. The molecule has 292 valence electrons. The maximum absolute atomic E-state index is 14.0. The molecule has 0 N–H and O–H groups in total. The molecule has 0 saturated heterocycles. The third-order valence-corrected chi connectivity index (χ3v) is 11.3. The first-order chi connectivity index (χ1) is 29.8. The molecule has 0 unspecified atom stereocenters. The number of hydrogen-bond acceptors (Lipinski definition) is 4. The largest absolute Gasteiger partial charge is 0.456 e. The zero-order valence-electron chi connectivity index (χ0n) is 32.7. The summed E-state index contributed by atoms with van der Waals surface area (Å²) in [5.74, 6) is 1.55. The Balaban J connectivity index is 1.20. The highest BCUT2D eigenvalue weighted by atomic mass is 19.4. The van der Waals surface area contributed by atoms with Crippen LogP contribution >= 0.6 is 0 Å².